The van der Waals surface area contributed by atoms with Crippen LogP contribution in [0.4, 0.5) is 0 Å². The third-order valence-corrected chi connectivity index (χ3v) is 2.34. The quantitative estimate of drug-likeness (QED) is 0.834. The van der Waals surface area contributed by atoms with Crippen LogP contribution >= 0.6 is 15.9 Å². The number of hydrogen-bond donors (Lipinski definition) is 2. The Hall–Kier alpha value is -1.05. The summed E-state index contributed by atoms with van der Waals surface area (Å²) in [7, 11) is 0. The lowest BCUT2D eigenvalue weighted by atomic mass is 10.1. The number of benzene rings is 1. The van der Waals surface area contributed by atoms with E-state index >= 15 is 0 Å². The third kappa shape index (κ3) is 2.20. The van der Waals surface area contributed by atoms with Gasteiger partial charge in [-0.15, -0.1) is 0 Å². The molecule has 0 aromatic heterocycles. The first-order chi connectivity index (χ1) is 6.16. The number of aromatic hydroxyl groups is 1. The Balaban J connectivity index is 3.06. The summed E-state index contributed by atoms with van der Waals surface area (Å²) in [5.41, 5.74) is 0.365. The van der Waals surface area contributed by atoms with Gasteiger partial charge >= 0.3 is 0 Å². The van der Waals surface area contributed by atoms with Gasteiger partial charge in [0.1, 0.15) is 5.75 Å². The molecule has 0 aliphatic carbocycles. The van der Waals surface area contributed by atoms with E-state index in [0.29, 0.717) is 10.0 Å². The molecule has 0 bridgehead atoms. The predicted molar refractivity (Wildman–Crippen MR) is 51.0 cm³/mol. The second kappa shape index (κ2) is 4.26. The van der Waals surface area contributed by atoms with E-state index in [9.17, 15) is 10.2 Å². The van der Waals surface area contributed by atoms with E-state index in [1.54, 1.807) is 12.1 Å². The summed E-state index contributed by atoms with van der Waals surface area (Å²) in [4.78, 5) is 0. The molecule has 0 fully saturated rings. The maximum Gasteiger partial charge on any atom is 0.122 e. The van der Waals surface area contributed by atoms with Crippen molar-refractivity contribution in [2.45, 2.75) is 12.5 Å². The smallest absolute Gasteiger partial charge is 0.122 e. The zero-order chi connectivity index (χ0) is 9.84. The number of nitriles is 1. The zero-order valence-electron chi connectivity index (χ0n) is 6.74. The van der Waals surface area contributed by atoms with Gasteiger partial charge in [0.05, 0.1) is 18.6 Å². The Bertz CT molecular complexity index is 326. The number of phenols is 1. The summed E-state index contributed by atoms with van der Waals surface area (Å²) < 4.78 is 0.607. The maximum atomic E-state index is 9.47. The summed E-state index contributed by atoms with van der Waals surface area (Å²) in [5, 5.41) is 27.2. The normalized spacial score (nSPS) is 12.1. The Labute approximate surface area is 84.4 Å². The SMILES string of the molecule is N#CCC(O)c1c(O)cccc1Br. The molecule has 0 amide bonds. The Morgan fingerprint density at radius 1 is 1.54 bits per heavy atom. The minimum atomic E-state index is -0.944. The van der Waals surface area contributed by atoms with Crippen molar-refractivity contribution >= 4 is 15.9 Å². The topological polar surface area (TPSA) is 64.2 Å². The van der Waals surface area contributed by atoms with Crippen molar-refractivity contribution in [2.24, 2.45) is 0 Å². The molecule has 0 aliphatic heterocycles. The number of rotatable bonds is 2. The van der Waals surface area contributed by atoms with Gasteiger partial charge < -0.3 is 10.2 Å². The molecule has 13 heavy (non-hydrogen) atoms. The average molecular weight is 242 g/mol. The van der Waals surface area contributed by atoms with Crippen molar-refractivity contribution < 1.29 is 10.2 Å². The van der Waals surface area contributed by atoms with E-state index in [0.717, 1.165) is 0 Å². The van der Waals surface area contributed by atoms with Crippen LogP contribution in [0.5, 0.6) is 5.75 Å². The van der Waals surface area contributed by atoms with Crippen LogP contribution in [0.15, 0.2) is 22.7 Å². The van der Waals surface area contributed by atoms with Gasteiger partial charge in [-0.3, -0.25) is 0 Å². The van der Waals surface area contributed by atoms with Gasteiger partial charge in [-0.2, -0.15) is 5.26 Å². The predicted octanol–water partition coefficient (Wildman–Crippen LogP) is 2.10. The van der Waals surface area contributed by atoms with Crippen LogP contribution in [-0.4, -0.2) is 10.2 Å². The molecule has 0 saturated carbocycles. The van der Waals surface area contributed by atoms with E-state index in [2.05, 4.69) is 15.9 Å². The highest BCUT2D eigenvalue weighted by atomic mass is 79.9. The first kappa shape index (κ1) is 10.0. The molecule has 0 aliphatic rings. The van der Waals surface area contributed by atoms with E-state index in [4.69, 9.17) is 5.26 Å². The van der Waals surface area contributed by atoms with Gasteiger partial charge in [0.15, 0.2) is 0 Å². The van der Waals surface area contributed by atoms with Crippen LogP contribution in [0, 0.1) is 11.3 Å². The van der Waals surface area contributed by atoms with Gasteiger partial charge in [0.25, 0.3) is 0 Å². The van der Waals surface area contributed by atoms with Gasteiger partial charge in [-0.1, -0.05) is 22.0 Å². The third-order valence-electron chi connectivity index (χ3n) is 1.65. The van der Waals surface area contributed by atoms with E-state index in [-0.39, 0.29) is 12.2 Å². The van der Waals surface area contributed by atoms with Crippen molar-refractivity contribution in [1.82, 2.24) is 0 Å². The molecule has 68 valence electrons. The molecular formula is C9H8BrNO2. The highest BCUT2D eigenvalue weighted by Crippen LogP contribution is 2.32. The Morgan fingerprint density at radius 3 is 2.77 bits per heavy atom. The fourth-order valence-corrected chi connectivity index (χ4v) is 1.66. The fourth-order valence-electron chi connectivity index (χ4n) is 1.04. The molecule has 1 unspecified atom stereocenters. The highest BCUT2D eigenvalue weighted by Gasteiger charge is 2.14. The number of halogens is 1. The van der Waals surface area contributed by atoms with E-state index in [1.165, 1.54) is 6.07 Å². The zero-order valence-corrected chi connectivity index (χ0v) is 8.32. The molecule has 1 rings (SSSR count). The monoisotopic (exact) mass is 241 g/mol. The van der Waals surface area contributed by atoms with Crippen molar-refractivity contribution in [3.8, 4) is 11.8 Å². The summed E-state index contributed by atoms with van der Waals surface area (Å²) >= 11 is 3.19. The summed E-state index contributed by atoms with van der Waals surface area (Å²) in [5.74, 6) is -0.00266. The van der Waals surface area contributed by atoms with Crippen LogP contribution < -0.4 is 0 Å². The number of hydrogen-bond acceptors (Lipinski definition) is 3. The van der Waals surface area contributed by atoms with Crippen molar-refractivity contribution in [1.29, 1.82) is 5.26 Å². The second-order valence-corrected chi connectivity index (χ2v) is 3.41. The van der Waals surface area contributed by atoms with Gasteiger partial charge in [-0.25, -0.2) is 0 Å². The average Bonchev–Trinajstić information content (AvgIpc) is 2.04. The van der Waals surface area contributed by atoms with E-state index < -0.39 is 6.10 Å². The Morgan fingerprint density at radius 2 is 2.23 bits per heavy atom. The lowest BCUT2D eigenvalue weighted by molar-refractivity contribution is 0.178. The lowest BCUT2D eigenvalue weighted by Crippen LogP contribution is -1.97. The molecule has 1 aromatic rings. The molecule has 3 nitrogen and oxygen atoms in total. The van der Waals surface area contributed by atoms with Crippen LogP contribution in [0.3, 0.4) is 0 Å². The lowest BCUT2D eigenvalue weighted by Gasteiger charge is -2.10. The minimum absolute atomic E-state index is 0.00266. The largest absolute Gasteiger partial charge is 0.508 e. The van der Waals surface area contributed by atoms with Crippen molar-refractivity contribution in [3.05, 3.63) is 28.2 Å². The van der Waals surface area contributed by atoms with Gasteiger partial charge in [-0.05, 0) is 12.1 Å². The van der Waals surface area contributed by atoms with E-state index in [1.807, 2.05) is 6.07 Å². The standard InChI is InChI=1S/C9H8BrNO2/c10-6-2-1-3-7(12)9(6)8(13)4-5-11/h1-3,8,12-13H,4H2. The van der Waals surface area contributed by atoms with Crippen LogP contribution in [-0.2, 0) is 0 Å². The van der Waals surface area contributed by atoms with Gasteiger partial charge in [0, 0.05) is 10.0 Å². The molecule has 2 N–H and O–H groups in total. The number of phenolic OH excluding ortho intramolecular Hbond substituents is 1. The first-order valence-corrected chi connectivity index (χ1v) is 4.48. The highest BCUT2D eigenvalue weighted by molar-refractivity contribution is 9.10. The first-order valence-electron chi connectivity index (χ1n) is 3.69. The summed E-state index contributed by atoms with van der Waals surface area (Å²) in [6, 6.07) is 6.67. The molecular weight excluding hydrogens is 234 g/mol. The van der Waals surface area contributed by atoms with Crippen molar-refractivity contribution in [2.75, 3.05) is 0 Å². The molecule has 0 radical (unpaired) electrons. The second-order valence-electron chi connectivity index (χ2n) is 2.55. The molecule has 0 spiro atoms. The number of nitrogens with zero attached hydrogens (tertiary/aromatic N) is 1. The summed E-state index contributed by atoms with van der Waals surface area (Å²) in [6.45, 7) is 0. The molecule has 0 saturated heterocycles. The minimum Gasteiger partial charge on any atom is -0.508 e. The van der Waals surface area contributed by atoms with Crippen LogP contribution in [0.25, 0.3) is 0 Å². The number of aliphatic hydroxyl groups excluding tert-OH is 1. The number of aliphatic hydroxyl groups is 1. The molecule has 4 heteroatoms. The Kier molecular flexibility index (Phi) is 3.29. The fraction of sp³-hybridized carbons (Fsp3) is 0.222. The maximum absolute atomic E-state index is 9.47. The molecule has 0 heterocycles. The van der Waals surface area contributed by atoms with Gasteiger partial charge in [0.2, 0.25) is 0 Å². The molecule has 1 aromatic carbocycles. The van der Waals surface area contributed by atoms with Crippen molar-refractivity contribution in [3.63, 3.8) is 0 Å². The van der Waals surface area contributed by atoms with Crippen LogP contribution in [0.2, 0.25) is 0 Å². The summed E-state index contributed by atoms with van der Waals surface area (Å²) in [6.07, 6.45) is -0.975. The molecule has 1 atom stereocenters. The van der Waals surface area contributed by atoms with Crippen LogP contribution in [0.1, 0.15) is 18.1 Å².